The molecule has 5 nitrogen and oxygen atoms in total. The summed E-state index contributed by atoms with van der Waals surface area (Å²) < 4.78 is 23.3. The zero-order chi connectivity index (χ0) is 17.3. The number of rotatable bonds is 3. The second-order valence-corrected chi connectivity index (χ2v) is 8.55. The first-order valence-electron chi connectivity index (χ1n) is 7.83. The monoisotopic (exact) mass is 364 g/mol. The first kappa shape index (κ1) is 17.1. The molecule has 1 aromatic carbocycles. The fourth-order valence-electron chi connectivity index (χ4n) is 3.28. The summed E-state index contributed by atoms with van der Waals surface area (Å²) in [7, 11) is -3.88. The molecule has 1 saturated heterocycles. The number of aryl methyl sites for hydroxylation is 1. The minimum atomic E-state index is -3.88. The first-order chi connectivity index (χ1) is 11.4. The van der Waals surface area contributed by atoms with Crippen molar-refractivity contribution in [3.05, 3.63) is 51.7 Å². The first-order valence-corrected chi connectivity index (χ1v) is 10.3. The lowest BCUT2D eigenvalue weighted by Gasteiger charge is -2.33. The van der Waals surface area contributed by atoms with E-state index in [1.165, 1.54) is 17.2 Å². The van der Waals surface area contributed by atoms with Gasteiger partial charge in [-0.25, -0.2) is 13.6 Å². The van der Waals surface area contributed by atoms with E-state index >= 15 is 0 Å². The standard InChI is InChI=1S/C17H20N2O3S2/c1-12-5-2-3-7-14(12)13-6-4-9-19(11-13)17(20)16-15(8-10-23-16)24(18,21)22/h2-3,5,7-8,10,13H,4,6,9,11H2,1H3,(H2,18,21,22)/t13-/m0/s1. The molecule has 1 aliphatic heterocycles. The molecule has 1 fully saturated rings. The van der Waals surface area contributed by atoms with E-state index in [1.54, 1.807) is 10.3 Å². The van der Waals surface area contributed by atoms with Gasteiger partial charge in [0.2, 0.25) is 10.0 Å². The molecule has 0 radical (unpaired) electrons. The van der Waals surface area contributed by atoms with Crippen LogP contribution in [-0.4, -0.2) is 32.3 Å². The predicted octanol–water partition coefficient (Wildman–Crippen LogP) is 2.72. The van der Waals surface area contributed by atoms with Crippen molar-refractivity contribution in [2.75, 3.05) is 13.1 Å². The van der Waals surface area contributed by atoms with E-state index in [9.17, 15) is 13.2 Å². The Balaban J connectivity index is 1.84. The SMILES string of the molecule is Cc1ccccc1[C@H]1CCCN(C(=O)c2sccc2S(N)(=O)=O)C1. The van der Waals surface area contributed by atoms with E-state index in [0.717, 1.165) is 24.2 Å². The lowest BCUT2D eigenvalue weighted by Crippen LogP contribution is -2.39. The summed E-state index contributed by atoms with van der Waals surface area (Å²) in [5.74, 6) is 0.0362. The molecule has 1 aromatic heterocycles. The van der Waals surface area contributed by atoms with Crippen molar-refractivity contribution in [3.8, 4) is 0 Å². The average molecular weight is 364 g/mol. The normalized spacial score (nSPS) is 18.6. The molecule has 3 rings (SSSR count). The number of amides is 1. The van der Waals surface area contributed by atoms with Crippen LogP contribution >= 0.6 is 11.3 Å². The highest BCUT2D eigenvalue weighted by Crippen LogP contribution is 2.31. The van der Waals surface area contributed by atoms with Gasteiger partial charge in [0.1, 0.15) is 9.77 Å². The van der Waals surface area contributed by atoms with Gasteiger partial charge in [-0.2, -0.15) is 0 Å². The third kappa shape index (κ3) is 3.38. The fraction of sp³-hybridized carbons (Fsp3) is 0.353. The van der Waals surface area contributed by atoms with Crippen LogP contribution in [0.2, 0.25) is 0 Å². The van der Waals surface area contributed by atoms with Gasteiger partial charge >= 0.3 is 0 Å². The maximum atomic E-state index is 12.8. The Labute approximate surface area is 146 Å². The molecule has 2 N–H and O–H groups in total. The summed E-state index contributed by atoms with van der Waals surface area (Å²) in [5.41, 5.74) is 2.48. The van der Waals surface area contributed by atoms with E-state index < -0.39 is 10.0 Å². The number of carbonyl (C=O) groups is 1. The zero-order valence-electron chi connectivity index (χ0n) is 13.4. The van der Waals surface area contributed by atoms with Crippen molar-refractivity contribution in [2.24, 2.45) is 5.14 Å². The van der Waals surface area contributed by atoms with Gasteiger partial charge in [0.05, 0.1) is 0 Å². The number of carbonyl (C=O) groups excluding carboxylic acids is 1. The molecular formula is C17H20N2O3S2. The summed E-state index contributed by atoms with van der Waals surface area (Å²) in [6.45, 7) is 3.32. The van der Waals surface area contributed by atoms with Crippen LogP contribution < -0.4 is 5.14 Å². The van der Waals surface area contributed by atoms with E-state index in [0.29, 0.717) is 13.1 Å². The maximum Gasteiger partial charge on any atom is 0.265 e. The van der Waals surface area contributed by atoms with Crippen LogP contribution in [0.15, 0.2) is 40.6 Å². The van der Waals surface area contributed by atoms with Crippen molar-refractivity contribution in [1.29, 1.82) is 0 Å². The average Bonchev–Trinajstić information content (AvgIpc) is 3.04. The molecule has 24 heavy (non-hydrogen) atoms. The van der Waals surface area contributed by atoms with E-state index in [1.807, 2.05) is 12.1 Å². The van der Waals surface area contributed by atoms with Gasteiger partial charge in [0.25, 0.3) is 5.91 Å². The van der Waals surface area contributed by atoms with Crippen LogP contribution in [0.3, 0.4) is 0 Å². The van der Waals surface area contributed by atoms with E-state index in [4.69, 9.17) is 5.14 Å². The Morgan fingerprint density at radius 2 is 2.04 bits per heavy atom. The molecule has 128 valence electrons. The Morgan fingerprint density at radius 1 is 1.29 bits per heavy atom. The maximum absolute atomic E-state index is 12.8. The molecule has 1 amide bonds. The van der Waals surface area contributed by atoms with Gasteiger partial charge in [0.15, 0.2) is 0 Å². The van der Waals surface area contributed by atoms with Crippen molar-refractivity contribution in [1.82, 2.24) is 4.90 Å². The second-order valence-electron chi connectivity index (χ2n) is 6.11. The number of sulfonamides is 1. The van der Waals surface area contributed by atoms with Crippen molar-refractivity contribution >= 4 is 27.3 Å². The molecule has 2 heterocycles. The van der Waals surface area contributed by atoms with Gasteiger partial charge in [-0.15, -0.1) is 11.3 Å². The predicted molar refractivity (Wildman–Crippen MR) is 94.7 cm³/mol. The zero-order valence-corrected chi connectivity index (χ0v) is 15.1. The topological polar surface area (TPSA) is 80.5 Å². The van der Waals surface area contributed by atoms with Crippen molar-refractivity contribution in [3.63, 3.8) is 0 Å². The quantitative estimate of drug-likeness (QED) is 0.909. The van der Waals surface area contributed by atoms with Crippen LogP contribution in [0.4, 0.5) is 0 Å². The second kappa shape index (κ2) is 6.66. The van der Waals surface area contributed by atoms with Crippen LogP contribution in [0.25, 0.3) is 0 Å². The lowest BCUT2D eigenvalue weighted by molar-refractivity contribution is 0.0708. The highest BCUT2D eigenvalue weighted by Gasteiger charge is 2.30. The number of hydrogen-bond donors (Lipinski definition) is 1. The minimum Gasteiger partial charge on any atom is -0.337 e. The van der Waals surface area contributed by atoms with Crippen LogP contribution in [0, 0.1) is 6.92 Å². The Morgan fingerprint density at radius 3 is 2.75 bits per heavy atom. The van der Waals surface area contributed by atoms with E-state index in [2.05, 4.69) is 19.1 Å². The van der Waals surface area contributed by atoms with E-state index in [-0.39, 0.29) is 21.6 Å². The Kier molecular flexibility index (Phi) is 4.76. The number of benzene rings is 1. The van der Waals surface area contributed by atoms with Gasteiger partial charge in [-0.3, -0.25) is 4.79 Å². The van der Waals surface area contributed by atoms with Crippen LogP contribution in [0.1, 0.15) is 39.6 Å². The highest BCUT2D eigenvalue weighted by atomic mass is 32.2. The molecule has 0 spiro atoms. The van der Waals surface area contributed by atoms with Crippen LogP contribution in [-0.2, 0) is 10.0 Å². The number of primary sulfonamides is 1. The molecule has 7 heteroatoms. The fourth-order valence-corrected chi connectivity index (χ4v) is 5.22. The summed E-state index contributed by atoms with van der Waals surface area (Å²) in [4.78, 5) is 14.7. The molecule has 1 aliphatic rings. The number of likely N-dealkylation sites (tertiary alicyclic amines) is 1. The molecule has 0 unspecified atom stereocenters. The summed E-state index contributed by atoms with van der Waals surface area (Å²) in [6.07, 6.45) is 1.93. The smallest absolute Gasteiger partial charge is 0.265 e. The molecule has 2 aromatic rings. The third-order valence-corrected chi connectivity index (χ3v) is 6.45. The van der Waals surface area contributed by atoms with Gasteiger partial charge in [0, 0.05) is 19.0 Å². The molecule has 0 aliphatic carbocycles. The molecule has 0 bridgehead atoms. The van der Waals surface area contributed by atoms with Gasteiger partial charge in [-0.1, -0.05) is 24.3 Å². The molecular weight excluding hydrogens is 344 g/mol. The Bertz CT molecular complexity index is 858. The number of thiophene rings is 1. The Hall–Kier alpha value is -1.70. The number of piperidine rings is 1. The van der Waals surface area contributed by atoms with Crippen molar-refractivity contribution < 1.29 is 13.2 Å². The lowest BCUT2D eigenvalue weighted by atomic mass is 9.88. The number of nitrogens with two attached hydrogens (primary N) is 1. The number of hydrogen-bond acceptors (Lipinski definition) is 4. The third-order valence-electron chi connectivity index (χ3n) is 4.47. The van der Waals surface area contributed by atoms with Gasteiger partial charge < -0.3 is 4.90 Å². The number of nitrogens with zero attached hydrogens (tertiary/aromatic N) is 1. The summed E-state index contributed by atoms with van der Waals surface area (Å²) >= 11 is 1.13. The molecule has 0 saturated carbocycles. The summed E-state index contributed by atoms with van der Waals surface area (Å²) in [6, 6.07) is 9.61. The summed E-state index contributed by atoms with van der Waals surface area (Å²) in [5, 5.41) is 6.81. The largest absolute Gasteiger partial charge is 0.337 e. The van der Waals surface area contributed by atoms with Crippen LogP contribution in [0.5, 0.6) is 0 Å². The highest BCUT2D eigenvalue weighted by molar-refractivity contribution is 7.89. The minimum absolute atomic E-state index is 0.0736. The molecule has 1 atom stereocenters. The van der Waals surface area contributed by atoms with Gasteiger partial charge in [-0.05, 0) is 42.3 Å². The van der Waals surface area contributed by atoms with Crippen molar-refractivity contribution in [2.45, 2.75) is 30.6 Å².